The number of anilines is 1. The molecule has 1 aliphatic heterocycles. The number of carbonyl (C=O) groups is 1. The van der Waals surface area contributed by atoms with Crippen LogP contribution in [0.4, 0.5) is 10.2 Å². The van der Waals surface area contributed by atoms with Crippen LogP contribution in [0, 0.1) is 17.1 Å². The molecule has 1 N–H and O–H groups in total. The van der Waals surface area contributed by atoms with Crippen molar-refractivity contribution < 1.29 is 14.3 Å². The highest BCUT2D eigenvalue weighted by atomic mass is 35.5. The van der Waals surface area contributed by atoms with Gasteiger partial charge >= 0.3 is 0 Å². The Bertz CT molecular complexity index is 1560. The van der Waals surface area contributed by atoms with Gasteiger partial charge in [-0.05, 0) is 40.6 Å². The van der Waals surface area contributed by atoms with Gasteiger partial charge in [0.1, 0.15) is 23.2 Å². The molecule has 1 saturated heterocycles. The van der Waals surface area contributed by atoms with Crippen LogP contribution in [0.1, 0.15) is 5.82 Å². The third-order valence-corrected chi connectivity index (χ3v) is 6.44. The highest BCUT2D eigenvalue weighted by Crippen LogP contribution is 2.42. The lowest BCUT2D eigenvalue weighted by Crippen LogP contribution is -2.48. The number of piperazine rings is 1. The summed E-state index contributed by atoms with van der Waals surface area (Å²) in [6.45, 7) is 5.26. The molecule has 0 saturated carbocycles. The van der Waals surface area contributed by atoms with Gasteiger partial charge in [-0.1, -0.05) is 42.4 Å². The van der Waals surface area contributed by atoms with Crippen molar-refractivity contribution in [1.29, 1.82) is 5.26 Å². The van der Waals surface area contributed by atoms with Crippen molar-refractivity contribution in [3.05, 3.63) is 71.8 Å². The van der Waals surface area contributed by atoms with E-state index in [4.69, 9.17) is 11.6 Å². The number of nitrogens with zero attached hydrogens (tertiary/aromatic N) is 5. The van der Waals surface area contributed by atoms with Gasteiger partial charge in [-0.25, -0.2) is 14.4 Å². The van der Waals surface area contributed by atoms with Crippen molar-refractivity contribution in [3.8, 4) is 22.9 Å². The van der Waals surface area contributed by atoms with E-state index in [1.807, 2.05) is 35.2 Å². The Morgan fingerprint density at radius 3 is 2.60 bits per heavy atom. The standard InChI is InChI=1S/C26H19ClFN5O2/c1-2-22(35)32-7-9-33(10-8-32)26-19-13-20(27)23(24(28)25(19)30-21(14-29)31-26)18-12-16(34)11-15-5-3-4-6-17(15)18/h2-6,11-13,34H,1,7-10H2. The van der Waals surface area contributed by atoms with E-state index in [1.165, 1.54) is 12.1 Å². The summed E-state index contributed by atoms with van der Waals surface area (Å²) in [5.74, 6) is -0.687. The normalized spacial score (nSPS) is 13.7. The Morgan fingerprint density at radius 2 is 1.89 bits per heavy atom. The Morgan fingerprint density at radius 1 is 1.14 bits per heavy atom. The fourth-order valence-electron chi connectivity index (χ4n) is 4.49. The predicted octanol–water partition coefficient (Wildman–Crippen LogP) is 4.65. The summed E-state index contributed by atoms with van der Waals surface area (Å²) in [5.41, 5.74) is 0.462. The number of amides is 1. The third-order valence-electron chi connectivity index (χ3n) is 6.14. The minimum atomic E-state index is -0.705. The molecule has 0 radical (unpaired) electrons. The number of benzene rings is 3. The Labute approximate surface area is 205 Å². The highest BCUT2D eigenvalue weighted by Gasteiger charge is 2.26. The molecule has 0 aliphatic carbocycles. The molecule has 174 valence electrons. The smallest absolute Gasteiger partial charge is 0.246 e. The van der Waals surface area contributed by atoms with E-state index in [0.29, 0.717) is 48.3 Å². The summed E-state index contributed by atoms with van der Waals surface area (Å²) in [5, 5.41) is 21.7. The van der Waals surface area contributed by atoms with Gasteiger partial charge in [0.05, 0.1) is 5.02 Å². The molecule has 1 aromatic heterocycles. The lowest BCUT2D eigenvalue weighted by Gasteiger charge is -2.35. The van der Waals surface area contributed by atoms with Crippen molar-refractivity contribution in [1.82, 2.24) is 14.9 Å². The molecule has 3 aromatic carbocycles. The van der Waals surface area contributed by atoms with Crippen LogP contribution in [0.5, 0.6) is 5.75 Å². The van der Waals surface area contributed by atoms with Gasteiger partial charge in [-0.2, -0.15) is 5.26 Å². The molecule has 35 heavy (non-hydrogen) atoms. The molecule has 1 aliphatic rings. The van der Waals surface area contributed by atoms with Gasteiger partial charge < -0.3 is 14.9 Å². The average Bonchev–Trinajstić information content (AvgIpc) is 2.87. The SMILES string of the molecule is C=CC(=O)N1CCN(c2nc(C#N)nc3c(F)c(-c4cc(O)cc5ccccc45)c(Cl)cc23)CC1. The fraction of sp³-hybridized carbons (Fsp3) is 0.154. The summed E-state index contributed by atoms with van der Waals surface area (Å²) in [7, 11) is 0. The number of hydrogen-bond donors (Lipinski definition) is 1. The number of fused-ring (bicyclic) bond motifs is 2. The number of carbonyl (C=O) groups excluding carboxylic acids is 1. The van der Waals surface area contributed by atoms with Crippen LogP contribution in [-0.2, 0) is 4.79 Å². The van der Waals surface area contributed by atoms with Crippen LogP contribution in [0.3, 0.4) is 0 Å². The van der Waals surface area contributed by atoms with Crippen molar-refractivity contribution in [2.24, 2.45) is 0 Å². The molecule has 7 nitrogen and oxygen atoms in total. The average molecular weight is 488 g/mol. The second-order valence-electron chi connectivity index (χ2n) is 8.16. The van der Waals surface area contributed by atoms with Crippen molar-refractivity contribution >= 4 is 45.0 Å². The van der Waals surface area contributed by atoms with Gasteiger partial charge in [0.2, 0.25) is 11.7 Å². The van der Waals surface area contributed by atoms with E-state index < -0.39 is 5.82 Å². The van der Waals surface area contributed by atoms with Crippen LogP contribution < -0.4 is 4.90 Å². The Kier molecular flexibility index (Phi) is 5.71. The molecule has 5 rings (SSSR count). The molecule has 1 amide bonds. The predicted molar refractivity (Wildman–Crippen MR) is 133 cm³/mol. The fourth-order valence-corrected chi connectivity index (χ4v) is 4.78. The summed E-state index contributed by atoms with van der Waals surface area (Å²) in [4.78, 5) is 24.0. The number of phenolic OH excluding ortho intramolecular Hbond substituents is 1. The summed E-state index contributed by atoms with van der Waals surface area (Å²) in [6, 6.07) is 13.8. The molecule has 9 heteroatoms. The molecule has 0 spiro atoms. The summed E-state index contributed by atoms with van der Waals surface area (Å²) >= 11 is 6.64. The second kappa shape index (κ2) is 8.85. The minimum absolute atomic E-state index is 0.0257. The van der Waals surface area contributed by atoms with Gasteiger partial charge in [0.15, 0.2) is 5.82 Å². The zero-order valence-corrected chi connectivity index (χ0v) is 19.3. The second-order valence-corrected chi connectivity index (χ2v) is 8.56. The number of halogens is 2. The van der Waals surface area contributed by atoms with Crippen LogP contribution in [0.2, 0.25) is 5.02 Å². The minimum Gasteiger partial charge on any atom is -0.508 e. The van der Waals surface area contributed by atoms with Gasteiger partial charge in [-0.3, -0.25) is 4.79 Å². The quantitative estimate of drug-likeness (QED) is 0.423. The number of aromatic hydroxyl groups is 1. The van der Waals surface area contributed by atoms with E-state index in [-0.39, 0.29) is 33.6 Å². The topological polar surface area (TPSA) is 93.4 Å². The molecular formula is C26H19ClFN5O2. The van der Waals surface area contributed by atoms with Gasteiger partial charge in [0.25, 0.3) is 0 Å². The van der Waals surface area contributed by atoms with Crippen molar-refractivity contribution in [2.75, 3.05) is 31.1 Å². The van der Waals surface area contributed by atoms with E-state index in [1.54, 1.807) is 17.0 Å². The van der Waals surface area contributed by atoms with Gasteiger partial charge in [0, 0.05) is 37.1 Å². The lowest BCUT2D eigenvalue weighted by atomic mass is 9.96. The van der Waals surface area contributed by atoms with E-state index in [2.05, 4.69) is 16.5 Å². The molecule has 0 bridgehead atoms. The number of aromatic nitrogens is 2. The molecular weight excluding hydrogens is 469 g/mol. The number of hydrogen-bond acceptors (Lipinski definition) is 6. The first-order valence-electron chi connectivity index (χ1n) is 10.9. The van der Waals surface area contributed by atoms with E-state index in [0.717, 1.165) is 5.39 Å². The summed E-state index contributed by atoms with van der Waals surface area (Å²) < 4.78 is 16.1. The number of phenols is 1. The van der Waals surface area contributed by atoms with Crippen LogP contribution in [0.15, 0.2) is 55.1 Å². The Balaban J connectivity index is 1.69. The zero-order chi connectivity index (χ0) is 24.7. The van der Waals surface area contributed by atoms with Crippen LogP contribution in [-0.4, -0.2) is 52.1 Å². The third kappa shape index (κ3) is 3.90. The van der Waals surface area contributed by atoms with Gasteiger partial charge in [-0.15, -0.1) is 0 Å². The summed E-state index contributed by atoms with van der Waals surface area (Å²) in [6.07, 6.45) is 1.27. The Hall–Kier alpha value is -4.22. The zero-order valence-electron chi connectivity index (χ0n) is 18.5. The molecule has 0 atom stereocenters. The molecule has 2 heterocycles. The highest BCUT2D eigenvalue weighted by molar-refractivity contribution is 6.35. The number of rotatable bonds is 3. The molecule has 1 fully saturated rings. The monoisotopic (exact) mass is 487 g/mol. The molecule has 0 unspecified atom stereocenters. The first-order chi connectivity index (χ1) is 16.9. The maximum Gasteiger partial charge on any atom is 0.246 e. The van der Waals surface area contributed by atoms with E-state index >= 15 is 4.39 Å². The largest absolute Gasteiger partial charge is 0.508 e. The lowest BCUT2D eigenvalue weighted by molar-refractivity contribution is -0.126. The van der Waals surface area contributed by atoms with Crippen LogP contribution >= 0.6 is 11.6 Å². The first kappa shape index (κ1) is 22.6. The molecule has 4 aromatic rings. The van der Waals surface area contributed by atoms with E-state index in [9.17, 15) is 15.2 Å². The van der Waals surface area contributed by atoms with Crippen LogP contribution in [0.25, 0.3) is 32.8 Å². The van der Waals surface area contributed by atoms with Crippen molar-refractivity contribution in [2.45, 2.75) is 0 Å². The number of nitriles is 1. The maximum atomic E-state index is 16.1. The first-order valence-corrected chi connectivity index (χ1v) is 11.3. The van der Waals surface area contributed by atoms with Crippen molar-refractivity contribution in [3.63, 3.8) is 0 Å². The maximum absolute atomic E-state index is 16.1.